The van der Waals surface area contributed by atoms with Crippen molar-refractivity contribution in [3.8, 4) is 0 Å². The van der Waals surface area contributed by atoms with Crippen LogP contribution in [0.1, 0.15) is 17.0 Å². The second kappa shape index (κ2) is 6.33. The number of rotatable bonds is 5. The van der Waals surface area contributed by atoms with Crippen molar-refractivity contribution >= 4 is 21.1 Å². The Balaban J connectivity index is 1.70. The summed E-state index contributed by atoms with van der Waals surface area (Å²) in [6.07, 6.45) is 0.509. The van der Waals surface area contributed by atoms with Crippen LogP contribution in [-0.2, 0) is 16.4 Å². The Kier molecular flexibility index (Phi) is 4.38. The normalized spacial score (nSPS) is 12.0. The van der Waals surface area contributed by atoms with E-state index >= 15 is 0 Å². The van der Waals surface area contributed by atoms with Crippen LogP contribution in [0.25, 0.3) is 11.1 Å². The van der Waals surface area contributed by atoms with Crippen molar-refractivity contribution in [2.45, 2.75) is 25.2 Å². The number of benzene rings is 2. The summed E-state index contributed by atoms with van der Waals surface area (Å²) >= 11 is 0. The molecule has 0 aliphatic carbocycles. The van der Waals surface area contributed by atoms with Crippen molar-refractivity contribution in [1.82, 2.24) is 9.71 Å². The lowest BCUT2D eigenvalue weighted by atomic mass is 10.1. The van der Waals surface area contributed by atoms with E-state index in [0.29, 0.717) is 23.5 Å². The van der Waals surface area contributed by atoms with E-state index in [1.165, 1.54) is 12.1 Å². The SMILES string of the molecule is Cc1nc2ccc(CCNS(=O)(=O)c3ccc(F)cc3C)cc2o1. The van der Waals surface area contributed by atoms with Gasteiger partial charge in [0.15, 0.2) is 11.5 Å². The highest BCUT2D eigenvalue weighted by atomic mass is 32.2. The Morgan fingerprint density at radius 1 is 1.17 bits per heavy atom. The summed E-state index contributed by atoms with van der Waals surface area (Å²) in [5.41, 5.74) is 2.78. The molecule has 0 spiro atoms. The largest absolute Gasteiger partial charge is 0.441 e. The molecule has 1 N–H and O–H groups in total. The van der Waals surface area contributed by atoms with Gasteiger partial charge in [0.1, 0.15) is 11.3 Å². The van der Waals surface area contributed by atoms with Gasteiger partial charge < -0.3 is 4.42 Å². The number of sulfonamides is 1. The molecule has 7 heteroatoms. The molecule has 3 rings (SSSR count). The van der Waals surface area contributed by atoms with Gasteiger partial charge in [-0.1, -0.05) is 6.07 Å². The highest BCUT2D eigenvalue weighted by molar-refractivity contribution is 7.89. The van der Waals surface area contributed by atoms with E-state index < -0.39 is 15.8 Å². The number of hydrogen-bond donors (Lipinski definition) is 1. The lowest BCUT2D eigenvalue weighted by Crippen LogP contribution is -2.26. The van der Waals surface area contributed by atoms with E-state index in [1.807, 2.05) is 18.2 Å². The van der Waals surface area contributed by atoms with Gasteiger partial charge in [0.2, 0.25) is 10.0 Å². The zero-order valence-electron chi connectivity index (χ0n) is 13.3. The summed E-state index contributed by atoms with van der Waals surface area (Å²) in [7, 11) is -3.67. The molecule has 0 aliphatic heterocycles. The Morgan fingerprint density at radius 3 is 2.71 bits per heavy atom. The Bertz CT molecular complexity index is 996. The monoisotopic (exact) mass is 348 g/mol. The molecule has 126 valence electrons. The number of nitrogens with one attached hydrogen (secondary N) is 1. The molecule has 0 fully saturated rings. The van der Waals surface area contributed by atoms with Crippen molar-refractivity contribution in [2.24, 2.45) is 0 Å². The van der Waals surface area contributed by atoms with Gasteiger partial charge in [-0.15, -0.1) is 0 Å². The maximum absolute atomic E-state index is 13.1. The van der Waals surface area contributed by atoms with Crippen LogP contribution in [0, 0.1) is 19.7 Å². The van der Waals surface area contributed by atoms with Crippen LogP contribution in [0.4, 0.5) is 4.39 Å². The number of nitrogens with zero attached hydrogens (tertiary/aromatic N) is 1. The fourth-order valence-electron chi connectivity index (χ4n) is 2.56. The molecule has 1 heterocycles. The summed E-state index contributed by atoms with van der Waals surface area (Å²) in [4.78, 5) is 4.31. The highest BCUT2D eigenvalue weighted by Gasteiger charge is 2.16. The van der Waals surface area contributed by atoms with Gasteiger partial charge in [-0.05, 0) is 54.8 Å². The lowest BCUT2D eigenvalue weighted by Gasteiger charge is -2.09. The maximum Gasteiger partial charge on any atom is 0.240 e. The summed E-state index contributed by atoms with van der Waals surface area (Å²) < 4.78 is 45.7. The maximum atomic E-state index is 13.1. The van der Waals surface area contributed by atoms with Gasteiger partial charge in [0.05, 0.1) is 4.90 Å². The average Bonchev–Trinajstić information content (AvgIpc) is 2.86. The van der Waals surface area contributed by atoms with Gasteiger partial charge >= 0.3 is 0 Å². The van der Waals surface area contributed by atoms with Crippen LogP contribution in [0.3, 0.4) is 0 Å². The quantitative estimate of drug-likeness (QED) is 0.769. The van der Waals surface area contributed by atoms with E-state index in [1.54, 1.807) is 13.8 Å². The third-order valence-electron chi connectivity index (χ3n) is 3.69. The minimum Gasteiger partial charge on any atom is -0.441 e. The highest BCUT2D eigenvalue weighted by Crippen LogP contribution is 2.18. The van der Waals surface area contributed by atoms with E-state index in [0.717, 1.165) is 17.1 Å². The predicted molar refractivity (Wildman–Crippen MR) is 88.8 cm³/mol. The molecule has 0 radical (unpaired) electrons. The molecular weight excluding hydrogens is 331 g/mol. The van der Waals surface area contributed by atoms with Crippen LogP contribution < -0.4 is 4.72 Å². The van der Waals surface area contributed by atoms with Crippen molar-refractivity contribution in [3.05, 3.63) is 59.2 Å². The van der Waals surface area contributed by atoms with Gasteiger partial charge in [-0.3, -0.25) is 0 Å². The second-order valence-corrected chi connectivity index (χ2v) is 7.33. The van der Waals surface area contributed by atoms with Crippen molar-refractivity contribution < 1.29 is 17.2 Å². The molecule has 1 aromatic heterocycles. The number of hydrogen-bond acceptors (Lipinski definition) is 4. The van der Waals surface area contributed by atoms with Crippen molar-refractivity contribution in [2.75, 3.05) is 6.54 Å². The predicted octanol–water partition coefficient (Wildman–Crippen LogP) is 3.10. The van der Waals surface area contributed by atoms with E-state index in [2.05, 4.69) is 9.71 Å². The summed E-state index contributed by atoms with van der Waals surface area (Å²) in [5, 5.41) is 0. The van der Waals surface area contributed by atoms with E-state index in [4.69, 9.17) is 4.42 Å². The number of aryl methyl sites for hydroxylation is 2. The molecule has 5 nitrogen and oxygen atoms in total. The Morgan fingerprint density at radius 2 is 1.96 bits per heavy atom. The third-order valence-corrected chi connectivity index (χ3v) is 5.31. The van der Waals surface area contributed by atoms with Crippen LogP contribution in [-0.4, -0.2) is 19.9 Å². The minimum absolute atomic E-state index is 0.0882. The summed E-state index contributed by atoms with van der Waals surface area (Å²) in [5.74, 6) is 0.136. The molecule has 2 aromatic carbocycles. The molecule has 0 saturated carbocycles. The zero-order chi connectivity index (χ0) is 17.3. The van der Waals surface area contributed by atoms with Gasteiger partial charge in [0.25, 0.3) is 0 Å². The van der Waals surface area contributed by atoms with Gasteiger partial charge in [-0.2, -0.15) is 0 Å². The van der Waals surface area contributed by atoms with Crippen LogP contribution >= 0.6 is 0 Å². The number of aromatic nitrogens is 1. The topological polar surface area (TPSA) is 72.2 Å². The molecule has 3 aromatic rings. The molecule has 0 amide bonds. The molecule has 0 saturated heterocycles. The van der Waals surface area contributed by atoms with Gasteiger partial charge in [-0.25, -0.2) is 22.5 Å². The van der Waals surface area contributed by atoms with Crippen molar-refractivity contribution in [1.29, 1.82) is 0 Å². The molecule has 0 aliphatic rings. The molecule has 24 heavy (non-hydrogen) atoms. The fraction of sp³-hybridized carbons (Fsp3) is 0.235. The second-order valence-electron chi connectivity index (χ2n) is 5.59. The lowest BCUT2D eigenvalue weighted by molar-refractivity contribution is 0.560. The number of fused-ring (bicyclic) bond motifs is 1. The first kappa shape index (κ1) is 16.6. The van der Waals surface area contributed by atoms with Crippen LogP contribution in [0.2, 0.25) is 0 Å². The standard InChI is InChI=1S/C17H17FN2O3S/c1-11-9-14(18)4-6-17(11)24(21,22)19-8-7-13-3-5-15-16(10-13)23-12(2)20-15/h3-6,9-10,19H,7-8H2,1-2H3. The fourth-order valence-corrected chi connectivity index (χ4v) is 3.82. The van der Waals surface area contributed by atoms with Crippen molar-refractivity contribution in [3.63, 3.8) is 0 Å². The summed E-state index contributed by atoms with van der Waals surface area (Å²) in [6.45, 7) is 3.58. The zero-order valence-corrected chi connectivity index (χ0v) is 14.2. The van der Waals surface area contributed by atoms with E-state index in [-0.39, 0.29) is 11.4 Å². The van der Waals surface area contributed by atoms with Crippen LogP contribution in [0.15, 0.2) is 45.7 Å². The molecule has 0 bridgehead atoms. The molecule has 0 unspecified atom stereocenters. The van der Waals surface area contributed by atoms with Gasteiger partial charge in [0, 0.05) is 13.5 Å². The first-order chi connectivity index (χ1) is 11.3. The molecular formula is C17H17FN2O3S. The Hall–Kier alpha value is -2.25. The smallest absolute Gasteiger partial charge is 0.240 e. The molecule has 0 atom stereocenters. The minimum atomic E-state index is -3.67. The average molecular weight is 348 g/mol. The first-order valence-corrected chi connectivity index (χ1v) is 8.95. The Labute approximate surface area is 139 Å². The third kappa shape index (κ3) is 3.47. The van der Waals surface area contributed by atoms with E-state index in [9.17, 15) is 12.8 Å². The van der Waals surface area contributed by atoms with Crippen LogP contribution in [0.5, 0.6) is 0 Å². The first-order valence-electron chi connectivity index (χ1n) is 7.47. The summed E-state index contributed by atoms with van der Waals surface area (Å²) in [6, 6.07) is 9.21. The number of halogens is 1. The number of oxazole rings is 1.